The number of likely N-dealkylation sites (N-methyl/N-ethyl adjacent to an activating group) is 1. The lowest BCUT2D eigenvalue weighted by Gasteiger charge is -2.28. The van der Waals surface area contributed by atoms with Crippen LogP contribution in [0.15, 0.2) is 77.7 Å². The molecule has 0 unspecified atom stereocenters. The minimum absolute atomic E-state index is 0.0158. The van der Waals surface area contributed by atoms with Gasteiger partial charge in [0.15, 0.2) is 0 Å². The first-order valence-electron chi connectivity index (χ1n) is 9.90. The minimum atomic E-state index is -0.826. The number of nitrogens with one attached hydrogen (secondary N) is 2. The van der Waals surface area contributed by atoms with E-state index in [2.05, 4.69) is 10.3 Å². The molecule has 0 fully saturated rings. The topological polar surface area (TPSA) is 82.3 Å². The van der Waals surface area contributed by atoms with Crippen LogP contribution in [-0.4, -0.2) is 23.8 Å². The van der Waals surface area contributed by atoms with E-state index in [1.807, 2.05) is 54.6 Å². The number of hydrogen-bond acceptors (Lipinski definition) is 3. The molecule has 152 valence electrons. The van der Waals surface area contributed by atoms with Crippen molar-refractivity contribution in [1.29, 1.82) is 0 Å². The average Bonchev–Trinajstić information content (AvgIpc) is 2.97. The molecule has 6 heteroatoms. The number of amides is 2. The first-order valence-corrected chi connectivity index (χ1v) is 9.90. The third kappa shape index (κ3) is 3.52. The predicted octanol–water partition coefficient (Wildman–Crippen LogP) is 3.25. The van der Waals surface area contributed by atoms with Crippen LogP contribution in [0.1, 0.15) is 24.0 Å². The van der Waals surface area contributed by atoms with Crippen LogP contribution in [0.3, 0.4) is 0 Å². The lowest BCUT2D eigenvalue weighted by Crippen LogP contribution is -2.41. The van der Waals surface area contributed by atoms with Crippen molar-refractivity contribution in [3.05, 3.63) is 94.4 Å². The second-order valence-electron chi connectivity index (χ2n) is 7.59. The van der Waals surface area contributed by atoms with Gasteiger partial charge in [-0.1, -0.05) is 48.5 Å². The first-order chi connectivity index (χ1) is 14.5. The quantitative estimate of drug-likeness (QED) is 0.665. The molecule has 2 aromatic carbocycles. The molecule has 0 saturated heterocycles. The highest BCUT2D eigenvalue weighted by atomic mass is 16.2. The molecule has 1 aliphatic rings. The smallest absolute Gasteiger partial charge is 0.271 e. The minimum Gasteiger partial charge on any atom is -0.327 e. The van der Waals surface area contributed by atoms with Crippen molar-refractivity contribution >= 4 is 23.2 Å². The number of rotatable bonds is 6. The normalized spacial score (nSPS) is 17.6. The van der Waals surface area contributed by atoms with Crippen molar-refractivity contribution < 1.29 is 9.59 Å². The van der Waals surface area contributed by atoms with Gasteiger partial charge in [-0.15, -0.1) is 0 Å². The van der Waals surface area contributed by atoms with Crippen LogP contribution in [0.5, 0.6) is 0 Å². The van der Waals surface area contributed by atoms with E-state index in [1.54, 1.807) is 24.1 Å². The summed E-state index contributed by atoms with van der Waals surface area (Å²) in [7, 11) is 1.78. The van der Waals surface area contributed by atoms with Crippen molar-refractivity contribution in [2.75, 3.05) is 17.3 Å². The van der Waals surface area contributed by atoms with Gasteiger partial charge in [-0.3, -0.25) is 14.4 Å². The van der Waals surface area contributed by atoms with E-state index in [4.69, 9.17) is 0 Å². The van der Waals surface area contributed by atoms with E-state index in [1.165, 1.54) is 6.20 Å². The Hall–Kier alpha value is -3.67. The van der Waals surface area contributed by atoms with Gasteiger partial charge in [0, 0.05) is 25.4 Å². The number of H-pyrrole nitrogens is 1. The molecule has 6 nitrogen and oxygen atoms in total. The molecule has 0 radical (unpaired) electrons. The maximum absolute atomic E-state index is 13.5. The zero-order valence-electron chi connectivity index (χ0n) is 16.7. The van der Waals surface area contributed by atoms with Crippen LogP contribution in [-0.2, 0) is 21.4 Å². The Morgan fingerprint density at radius 1 is 1.00 bits per heavy atom. The number of pyridine rings is 1. The van der Waals surface area contributed by atoms with Gasteiger partial charge in [0.2, 0.25) is 11.8 Å². The number of hydrogen-bond donors (Lipinski definition) is 2. The maximum atomic E-state index is 13.5. The van der Waals surface area contributed by atoms with Gasteiger partial charge in [-0.05, 0) is 42.2 Å². The van der Waals surface area contributed by atoms with Crippen molar-refractivity contribution in [3.8, 4) is 0 Å². The highest BCUT2D eigenvalue weighted by molar-refractivity contribution is 6.08. The summed E-state index contributed by atoms with van der Waals surface area (Å²) in [4.78, 5) is 42.1. The molecule has 2 N–H and O–H groups in total. The van der Waals surface area contributed by atoms with Gasteiger partial charge >= 0.3 is 0 Å². The summed E-state index contributed by atoms with van der Waals surface area (Å²) in [5.74, 6) is -0.308. The van der Waals surface area contributed by atoms with Gasteiger partial charge in [-0.25, -0.2) is 0 Å². The van der Waals surface area contributed by atoms with E-state index in [9.17, 15) is 14.4 Å². The Morgan fingerprint density at radius 3 is 2.50 bits per heavy atom. The SMILES string of the molecule is CN1C(=O)[C@@](CCC(=O)Nc2ccc[nH]c2=O)(Cc2ccccc2)c2ccccc21. The molecule has 1 atom stereocenters. The van der Waals surface area contributed by atoms with Gasteiger partial charge < -0.3 is 15.2 Å². The van der Waals surface area contributed by atoms with E-state index >= 15 is 0 Å². The number of carbonyl (C=O) groups is 2. The summed E-state index contributed by atoms with van der Waals surface area (Å²) in [6.45, 7) is 0. The number of aromatic nitrogens is 1. The molecule has 2 amide bonds. The lowest BCUT2D eigenvalue weighted by molar-refractivity contribution is -0.123. The zero-order chi connectivity index (χ0) is 21.1. The molecule has 4 rings (SSSR count). The van der Waals surface area contributed by atoms with Crippen LogP contribution >= 0.6 is 0 Å². The largest absolute Gasteiger partial charge is 0.327 e. The number of para-hydroxylation sites is 1. The van der Waals surface area contributed by atoms with Crippen LogP contribution < -0.4 is 15.8 Å². The lowest BCUT2D eigenvalue weighted by atomic mass is 9.73. The Bertz CT molecular complexity index is 1140. The van der Waals surface area contributed by atoms with Crippen molar-refractivity contribution in [1.82, 2.24) is 4.98 Å². The summed E-state index contributed by atoms with van der Waals surface area (Å²) >= 11 is 0. The van der Waals surface area contributed by atoms with Gasteiger partial charge in [0.25, 0.3) is 5.56 Å². The fourth-order valence-electron chi connectivity index (χ4n) is 4.22. The summed E-state index contributed by atoms with van der Waals surface area (Å²) in [5.41, 5.74) is 1.87. The Kier molecular flexibility index (Phi) is 5.23. The monoisotopic (exact) mass is 401 g/mol. The summed E-state index contributed by atoms with van der Waals surface area (Å²) in [6, 6.07) is 20.8. The third-order valence-corrected chi connectivity index (χ3v) is 5.71. The zero-order valence-corrected chi connectivity index (χ0v) is 16.7. The van der Waals surface area contributed by atoms with Gasteiger partial charge in [-0.2, -0.15) is 0 Å². The molecule has 1 aromatic heterocycles. The fourth-order valence-corrected chi connectivity index (χ4v) is 4.22. The highest BCUT2D eigenvalue weighted by Gasteiger charge is 2.49. The van der Waals surface area contributed by atoms with Crippen molar-refractivity contribution in [3.63, 3.8) is 0 Å². The van der Waals surface area contributed by atoms with Crippen molar-refractivity contribution in [2.24, 2.45) is 0 Å². The molecular weight excluding hydrogens is 378 g/mol. The number of benzene rings is 2. The average molecular weight is 401 g/mol. The van der Waals surface area contributed by atoms with Crippen LogP contribution in [0.25, 0.3) is 0 Å². The molecule has 0 bridgehead atoms. The standard InChI is InChI=1S/C24H23N3O3/c1-27-20-12-6-5-10-18(20)24(23(27)30,16-17-8-3-2-4-9-17)14-13-21(28)26-19-11-7-15-25-22(19)29/h2-12,15H,13-14,16H2,1H3,(H,25,29)(H,26,28)/t24-/m0/s1. The van der Waals surface area contributed by atoms with E-state index < -0.39 is 5.41 Å². The number of anilines is 2. The van der Waals surface area contributed by atoms with Gasteiger partial charge in [0.1, 0.15) is 5.69 Å². The molecule has 2 heterocycles. The number of carbonyl (C=O) groups excluding carboxylic acids is 2. The Balaban J connectivity index is 1.64. The van der Waals surface area contributed by atoms with Crippen LogP contribution in [0, 0.1) is 0 Å². The van der Waals surface area contributed by atoms with Crippen LogP contribution in [0.2, 0.25) is 0 Å². The Labute approximate surface area is 174 Å². The molecule has 3 aromatic rings. The molecular formula is C24H23N3O3. The second kappa shape index (κ2) is 7.99. The fraction of sp³-hybridized carbons (Fsp3) is 0.208. The first kappa shape index (κ1) is 19.6. The molecule has 30 heavy (non-hydrogen) atoms. The van der Waals surface area contributed by atoms with Crippen molar-refractivity contribution in [2.45, 2.75) is 24.7 Å². The van der Waals surface area contributed by atoms with Gasteiger partial charge in [0.05, 0.1) is 5.41 Å². The van der Waals surface area contributed by atoms with E-state index in [0.29, 0.717) is 12.8 Å². The number of aromatic amines is 1. The molecule has 0 aliphatic carbocycles. The number of nitrogens with zero attached hydrogens (tertiary/aromatic N) is 1. The summed E-state index contributed by atoms with van der Waals surface area (Å²) in [5, 5.41) is 2.66. The summed E-state index contributed by atoms with van der Waals surface area (Å²) in [6.07, 6.45) is 2.48. The molecule has 0 saturated carbocycles. The molecule has 1 aliphatic heterocycles. The molecule has 0 spiro atoms. The predicted molar refractivity (Wildman–Crippen MR) is 117 cm³/mol. The van der Waals surface area contributed by atoms with E-state index in [0.717, 1.165) is 16.8 Å². The van der Waals surface area contributed by atoms with Crippen LogP contribution in [0.4, 0.5) is 11.4 Å². The second-order valence-corrected chi connectivity index (χ2v) is 7.59. The summed E-state index contributed by atoms with van der Waals surface area (Å²) < 4.78 is 0. The van der Waals surface area contributed by atoms with E-state index in [-0.39, 0.29) is 29.5 Å². The number of fused-ring (bicyclic) bond motifs is 1. The highest BCUT2D eigenvalue weighted by Crippen LogP contribution is 2.46. The third-order valence-electron chi connectivity index (χ3n) is 5.71. The Morgan fingerprint density at radius 2 is 1.73 bits per heavy atom. The maximum Gasteiger partial charge on any atom is 0.271 e.